The van der Waals surface area contributed by atoms with Crippen molar-refractivity contribution in [1.82, 2.24) is 9.97 Å². The first-order valence-corrected chi connectivity index (χ1v) is 6.68. The predicted molar refractivity (Wildman–Crippen MR) is 69.3 cm³/mol. The van der Waals surface area contributed by atoms with Crippen molar-refractivity contribution in [1.29, 1.82) is 0 Å². The molecule has 1 heterocycles. The summed E-state index contributed by atoms with van der Waals surface area (Å²) in [6.07, 6.45) is -4.72. The summed E-state index contributed by atoms with van der Waals surface area (Å²) in [7, 11) is 0. The highest BCUT2D eigenvalue weighted by molar-refractivity contribution is 7.99. The van der Waals surface area contributed by atoms with Gasteiger partial charge in [0.05, 0.1) is 5.69 Å². The molecule has 0 unspecified atom stereocenters. The average Bonchev–Trinajstić information content (AvgIpc) is 2.37. The van der Waals surface area contributed by atoms with E-state index in [0.29, 0.717) is 22.2 Å². The zero-order valence-corrected chi connectivity index (χ0v) is 11.6. The second kappa shape index (κ2) is 6.15. The monoisotopic (exact) mass is 340 g/mol. The van der Waals surface area contributed by atoms with Gasteiger partial charge in [-0.3, -0.25) is 0 Å². The summed E-state index contributed by atoms with van der Waals surface area (Å²) in [5.41, 5.74) is 0.291. The van der Waals surface area contributed by atoms with Crippen LogP contribution in [0.3, 0.4) is 0 Å². The molecule has 0 N–H and O–H groups in total. The lowest BCUT2D eigenvalue weighted by molar-refractivity contribution is -0.144. The van der Waals surface area contributed by atoms with Gasteiger partial charge in [0.2, 0.25) is 5.82 Å². The van der Waals surface area contributed by atoms with Gasteiger partial charge in [-0.25, -0.2) is 9.97 Å². The number of thioether (sulfide) groups is 1. The van der Waals surface area contributed by atoms with E-state index in [9.17, 15) is 22.0 Å². The molecule has 21 heavy (non-hydrogen) atoms. The quantitative estimate of drug-likeness (QED) is 0.440. The Bertz CT molecular complexity index is 631. The predicted octanol–water partition coefficient (Wildman–Crippen LogP) is 5.13. The number of benzene rings is 1. The van der Waals surface area contributed by atoms with Gasteiger partial charge in [-0.2, -0.15) is 22.0 Å². The van der Waals surface area contributed by atoms with E-state index in [1.54, 1.807) is 0 Å². The van der Waals surface area contributed by atoms with Crippen LogP contribution in [0.4, 0.5) is 22.0 Å². The molecule has 0 aliphatic rings. The minimum Gasteiger partial charge on any atom is -0.224 e. The molecule has 2 rings (SSSR count). The van der Waals surface area contributed by atoms with Gasteiger partial charge in [-0.05, 0) is 12.1 Å². The van der Waals surface area contributed by atoms with Crippen molar-refractivity contribution in [2.75, 3.05) is 0 Å². The molecule has 0 radical (unpaired) electrons. The van der Waals surface area contributed by atoms with E-state index in [0.717, 1.165) is 0 Å². The Hall–Kier alpha value is -1.41. The maximum Gasteiger partial charge on any atom is 0.451 e. The van der Waals surface area contributed by atoms with Gasteiger partial charge in [0, 0.05) is 16.5 Å². The lowest BCUT2D eigenvalue weighted by atomic mass is 10.1. The van der Waals surface area contributed by atoms with Crippen LogP contribution < -0.4 is 0 Å². The van der Waals surface area contributed by atoms with Crippen molar-refractivity contribution in [3.05, 3.63) is 41.3 Å². The molecule has 9 heteroatoms. The van der Waals surface area contributed by atoms with Crippen molar-refractivity contribution in [2.24, 2.45) is 0 Å². The Balaban J connectivity index is 2.35. The largest absolute Gasteiger partial charge is 0.451 e. The van der Waals surface area contributed by atoms with Crippen LogP contribution in [0.5, 0.6) is 0 Å². The molecule has 0 saturated heterocycles. The molecule has 1 aromatic heterocycles. The summed E-state index contributed by atoms with van der Waals surface area (Å²) in [5.74, 6) is -3.92. The summed E-state index contributed by atoms with van der Waals surface area (Å²) in [4.78, 5) is 6.80. The first-order chi connectivity index (χ1) is 9.75. The fourth-order valence-corrected chi connectivity index (χ4v) is 2.18. The number of nitrogens with zero attached hydrogens (tertiary/aromatic N) is 2. The molecule has 112 valence electrons. The Morgan fingerprint density at radius 3 is 2.19 bits per heavy atom. The van der Waals surface area contributed by atoms with Crippen LogP contribution in [0, 0.1) is 0 Å². The molecule has 0 spiro atoms. The maximum atomic E-state index is 12.6. The smallest absolute Gasteiger partial charge is 0.224 e. The number of aromatic nitrogens is 2. The minimum atomic E-state index is -4.72. The summed E-state index contributed by atoms with van der Waals surface area (Å²) in [6, 6.07) is 6.70. The lowest BCUT2D eigenvalue weighted by Crippen LogP contribution is -2.11. The van der Waals surface area contributed by atoms with E-state index in [4.69, 9.17) is 11.6 Å². The number of rotatable bonds is 3. The van der Waals surface area contributed by atoms with Crippen LogP contribution in [0.1, 0.15) is 5.82 Å². The number of hydrogen-bond acceptors (Lipinski definition) is 3. The molecule has 2 nitrogen and oxygen atoms in total. The van der Waals surface area contributed by atoms with Crippen molar-refractivity contribution in [3.8, 4) is 11.3 Å². The molecular formula is C12H6ClF5N2S. The number of hydrogen-bond donors (Lipinski definition) is 0. The van der Waals surface area contributed by atoms with Gasteiger partial charge >= 0.3 is 6.18 Å². The molecule has 2 aromatic rings. The molecule has 0 aliphatic heterocycles. The summed E-state index contributed by atoms with van der Waals surface area (Å²) < 4.78 is 62.2. The van der Waals surface area contributed by atoms with Gasteiger partial charge in [0.1, 0.15) is 5.15 Å². The second-order valence-electron chi connectivity index (χ2n) is 3.80. The highest BCUT2D eigenvalue weighted by Gasteiger charge is 2.35. The number of halogens is 6. The first kappa shape index (κ1) is 16.0. The topological polar surface area (TPSA) is 25.8 Å². The molecule has 0 fully saturated rings. The minimum absolute atomic E-state index is 0.0316. The Morgan fingerprint density at radius 2 is 1.67 bits per heavy atom. The van der Waals surface area contributed by atoms with Crippen LogP contribution in [0.15, 0.2) is 35.2 Å². The molecule has 1 aromatic carbocycles. The highest BCUT2D eigenvalue weighted by atomic mass is 35.5. The Kier molecular flexibility index (Phi) is 4.67. The van der Waals surface area contributed by atoms with Crippen molar-refractivity contribution >= 4 is 23.4 Å². The van der Waals surface area contributed by atoms with Gasteiger partial charge in [-0.15, -0.1) is 0 Å². The summed E-state index contributed by atoms with van der Waals surface area (Å²) in [5, 5.41) is -0.349. The third-order valence-electron chi connectivity index (χ3n) is 2.32. The van der Waals surface area contributed by atoms with Crippen molar-refractivity contribution in [3.63, 3.8) is 0 Å². The summed E-state index contributed by atoms with van der Waals surface area (Å²) in [6.45, 7) is 0. The Labute approximate surface area is 125 Å². The van der Waals surface area contributed by atoms with E-state index in [1.165, 1.54) is 30.3 Å². The first-order valence-electron chi connectivity index (χ1n) is 5.43. The molecule has 0 atom stereocenters. The van der Waals surface area contributed by atoms with Gasteiger partial charge < -0.3 is 0 Å². The van der Waals surface area contributed by atoms with Crippen LogP contribution in [0.25, 0.3) is 11.3 Å². The van der Waals surface area contributed by atoms with Gasteiger partial charge in [0.25, 0.3) is 5.76 Å². The van der Waals surface area contributed by atoms with E-state index in [-0.39, 0.29) is 10.8 Å². The van der Waals surface area contributed by atoms with E-state index < -0.39 is 17.8 Å². The van der Waals surface area contributed by atoms with E-state index >= 15 is 0 Å². The third-order valence-corrected chi connectivity index (χ3v) is 3.24. The zero-order valence-electron chi connectivity index (χ0n) is 10.0. The standard InChI is InChI=1S/C12H6ClF5N2S/c13-9-5-8(19-10(20-9)12(16,17)18)6-1-3-7(4-2-6)21-11(14)15/h1-5,11H. The fourth-order valence-electron chi connectivity index (χ4n) is 1.50. The second-order valence-corrected chi connectivity index (χ2v) is 5.25. The van der Waals surface area contributed by atoms with Crippen LogP contribution in [-0.2, 0) is 6.18 Å². The lowest BCUT2D eigenvalue weighted by Gasteiger charge is -2.08. The fraction of sp³-hybridized carbons (Fsp3) is 0.167. The van der Waals surface area contributed by atoms with Crippen molar-refractivity contribution < 1.29 is 22.0 Å². The zero-order chi connectivity index (χ0) is 15.6. The third kappa shape index (κ3) is 4.28. The van der Waals surface area contributed by atoms with Gasteiger partial charge in [-0.1, -0.05) is 35.5 Å². The molecule has 0 bridgehead atoms. The SMILES string of the molecule is FC(F)Sc1ccc(-c2cc(Cl)nc(C(F)(F)F)n2)cc1. The maximum absolute atomic E-state index is 12.6. The van der Waals surface area contributed by atoms with E-state index in [1.807, 2.05) is 0 Å². The molecule has 0 amide bonds. The normalized spacial score (nSPS) is 12.0. The highest BCUT2D eigenvalue weighted by Crippen LogP contribution is 2.31. The molecule has 0 aliphatic carbocycles. The Morgan fingerprint density at radius 1 is 1.05 bits per heavy atom. The van der Waals surface area contributed by atoms with E-state index in [2.05, 4.69) is 9.97 Å². The van der Waals surface area contributed by atoms with Crippen LogP contribution in [-0.4, -0.2) is 15.7 Å². The molecule has 0 saturated carbocycles. The number of alkyl halides is 5. The van der Waals surface area contributed by atoms with Crippen LogP contribution >= 0.6 is 23.4 Å². The van der Waals surface area contributed by atoms with Gasteiger partial charge in [0.15, 0.2) is 0 Å². The molecular weight excluding hydrogens is 335 g/mol. The van der Waals surface area contributed by atoms with Crippen molar-refractivity contribution in [2.45, 2.75) is 16.8 Å². The average molecular weight is 341 g/mol. The van der Waals surface area contributed by atoms with Crippen LogP contribution in [0.2, 0.25) is 5.15 Å². The summed E-state index contributed by atoms with van der Waals surface area (Å²) >= 11 is 5.89.